The van der Waals surface area contributed by atoms with E-state index in [4.69, 9.17) is 0 Å². The number of hydrogen-bond acceptors (Lipinski definition) is 3. The van der Waals surface area contributed by atoms with E-state index in [1.807, 2.05) is 6.92 Å². The predicted octanol–water partition coefficient (Wildman–Crippen LogP) is 1.81. The van der Waals surface area contributed by atoms with Crippen LogP contribution in [-0.4, -0.2) is 19.4 Å². The van der Waals surface area contributed by atoms with Crippen molar-refractivity contribution in [3.63, 3.8) is 0 Å². The average molecular weight is 194 g/mol. The first-order valence-corrected chi connectivity index (χ1v) is 4.20. The summed E-state index contributed by atoms with van der Waals surface area (Å²) in [5.41, 5.74) is 0.835. The lowest BCUT2D eigenvalue weighted by Gasteiger charge is -1.98. The second-order valence-electron chi connectivity index (χ2n) is 2.65. The highest BCUT2D eigenvalue weighted by Crippen LogP contribution is 2.03. The monoisotopic (exact) mass is 194 g/mol. The van der Waals surface area contributed by atoms with Crippen molar-refractivity contribution in [1.29, 1.82) is 0 Å². The normalized spacial score (nSPS) is 13.1. The van der Waals surface area contributed by atoms with Crippen LogP contribution in [0.15, 0.2) is 35.5 Å². The summed E-state index contributed by atoms with van der Waals surface area (Å²) < 4.78 is 4.55. The standard InChI is InChI=1S/C11H14O3/c1-4-5-6-10(11(13)14-3)7-9(2)8-12/h4-8H,1-3H3/b5-4-,9-7+,10-6+. The fourth-order valence-electron chi connectivity index (χ4n) is 0.772. The van der Waals surface area contributed by atoms with E-state index in [1.165, 1.54) is 13.2 Å². The van der Waals surface area contributed by atoms with Gasteiger partial charge >= 0.3 is 5.97 Å². The molecule has 0 spiro atoms. The van der Waals surface area contributed by atoms with Gasteiger partial charge in [0.05, 0.1) is 12.7 Å². The van der Waals surface area contributed by atoms with Crippen molar-refractivity contribution in [1.82, 2.24) is 0 Å². The lowest BCUT2D eigenvalue weighted by atomic mass is 10.1. The summed E-state index contributed by atoms with van der Waals surface area (Å²) in [6.45, 7) is 3.46. The Bertz CT molecular complexity index is 296. The van der Waals surface area contributed by atoms with Crippen LogP contribution in [0.4, 0.5) is 0 Å². The van der Waals surface area contributed by atoms with E-state index in [2.05, 4.69) is 4.74 Å². The van der Waals surface area contributed by atoms with Crippen molar-refractivity contribution in [3.8, 4) is 0 Å². The fraction of sp³-hybridized carbons (Fsp3) is 0.273. The Hall–Kier alpha value is -1.64. The summed E-state index contributed by atoms with van der Waals surface area (Å²) in [5, 5.41) is 0. The molecule has 0 aliphatic heterocycles. The number of allylic oxidation sites excluding steroid dienone is 4. The van der Waals surface area contributed by atoms with E-state index in [0.717, 1.165) is 0 Å². The van der Waals surface area contributed by atoms with Gasteiger partial charge in [0, 0.05) is 0 Å². The largest absolute Gasteiger partial charge is 0.465 e. The van der Waals surface area contributed by atoms with Gasteiger partial charge < -0.3 is 4.74 Å². The second-order valence-corrected chi connectivity index (χ2v) is 2.65. The minimum atomic E-state index is -0.454. The van der Waals surface area contributed by atoms with E-state index in [-0.39, 0.29) is 0 Å². The van der Waals surface area contributed by atoms with Crippen molar-refractivity contribution in [2.45, 2.75) is 13.8 Å². The molecule has 0 bridgehead atoms. The predicted molar refractivity (Wildman–Crippen MR) is 54.7 cm³/mol. The molecule has 0 N–H and O–H groups in total. The molecular formula is C11H14O3. The van der Waals surface area contributed by atoms with Crippen molar-refractivity contribution in [2.24, 2.45) is 0 Å². The molecule has 0 radical (unpaired) electrons. The molecule has 0 saturated heterocycles. The third-order valence-corrected chi connectivity index (χ3v) is 1.46. The zero-order chi connectivity index (χ0) is 11.0. The van der Waals surface area contributed by atoms with Crippen LogP contribution >= 0.6 is 0 Å². The van der Waals surface area contributed by atoms with Gasteiger partial charge in [0.25, 0.3) is 0 Å². The van der Waals surface area contributed by atoms with Crippen LogP contribution in [0, 0.1) is 0 Å². The highest BCUT2D eigenvalue weighted by atomic mass is 16.5. The van der Waals surface area contributed by atoms with Crippen LogP contribution in [0.25, 0.3) is 0 Å². The van der Waals surface area contributed by atoms with E-state index in [9.17, 15) is 9.59 Å². The van der Waals surface area contributed by atoms with Crippen molar-refractivity contribution >= 4 is 12.3 Å². The first-order chi connectivity index (χ1) is 6.65. The summed E-state index contributed by atoms with van der Waals surface area (Å²) in [4.78, 5) is 21.5. The molecule has 0 atom stereocenters. The quantitative estimate of drug-likeness (QED) is 0.296. The summed E-state index contributed by atoms with van der Waals surface area (Å²) in [6.07, 6.45) is 7.26. The Morgan fingerprint density at radius 2 is 2.00 bits per heavy atom. The lowest BCUT2D eigenvalue weighted by Crippen LogP contribution is -2.03. The van der Waals surface area contributed by atoms with Gasteiger partial charge in [0.15, 0.2) is 0 Å². The third-order valence-electron chi connectivity index (χ3n) is 1.46. The van der Waals surface area contributed by atoms with Gasteiger partial charge in [-0.05, 0) is 31.6 Å². The van der Waals surface area contributed by atoms with Gasteiger partial charge in [-0.2, -0.15) is 0 Å². The first-order valence-electron chi connectivity index (χ1n) is 4.20. The van der Waals surface area contributed by atoms with E-state index < -0.39 is 5.97 Å². The molecule has 0 saturated carbocycles. The van der Waals surface area contributed by atoms with Crippen LogP contribution in [0.2, 0.25) is 0 Å². The Kier molecular flexibility index (Phi) is 6.03. The van der Waals surface area contributed by atoms with Crippen LogP contribution in [0.1, 0.15) is 13.8 Å². The van der Waals surface area contributed by atoms with Crippen LogP contribution in [0.3, 0.4) is 0 Å². The molecule has 76 valence electrons. The maximum Gasteiger partial charge on any atom is 0.337 e. The molecule has 0 aromatic heterocycles. The number of carbonyl (C=O) groups excluding carboxylic acids is 2. The molecule has 0 unspecified atom stereocenters. The zero-order valence-corrected chi connectivity index (χ0v) is 8.61. The molecule has 0 amide bonds. The third kappa shape index (κ3) is 4.40. The zero-order valence-electron chi connectivity index (χ0n) is 8.61. The molecule has 0 heterocycles. The number of aldehydes is 1. The Morgan fingerprint density at radius 1 is 1.36 bits per heavy atom. The highest BCUT2D eigenvalue weighted by molar-refractivity contribution is 5.93. The topological polar surface area (TPSA) is 43.4 Å². The van der Waals surface area contributed by atoms with Gasteiger partial charge in [-0.1, -0.05) is 12.2 Å². The van der Waals surface area contributed by atoms with Crippen LogP contribution in [-0.2, 0) is 14.3 Å². The van der Waals surface area contributed by atoms with Gasteiger partial charge in [-0.25, -0.2) is 4.79 Å². The number of esters is 1. The Labute approximate surface area is 83.8 Å². The minimum absolute atomic E-state index is 0.357. The average Bonchev–Trinajstić information content (AvgIpc) is 2.22. The molecule has 0 aromatic rings. The SMILES string of the molecule is C\C=C/C=C(\C=C(/C)C=O)C(=O)OC. The Morgan fingerprint density at radius 3 is 2.43 bits per heavy atom. The number of rotatable bonds is 4. The summed E-state index contributed by atoms with van der Waals surface area (Å²) in [7, 11) is 1.30. The molecule has 0 fully saturated rings. The molecule has 3 nitrogen and oxygen atoms in total. The maximum absolute atomic E-state index is 11.2. The lowest BCUT2D eigenvalue weighted by molar-refractivity contribution is -0.135. The van der Waals surface area contributed by atoms with E-state index in [1.54, 1.807) is 25.2 Å². The maximum atomic E-state index is 11.2. The van der Waals surface area contributed by atoms with Crippen LogP contribution < -0.4 is 0 Å². The number of carbonyl (C=O) groups is 2. The van der Waals surface area contributed by atoms with Crippen molar-refractivity contribution < 1.29 is 14.3 Å². The van der Waals surface area contributed by atoms with Gasteiger partial charge in [0.1, 0.15) is 6.29 Å². The van der Waals surface area contributed by atoms with Gasteiger partial charge in [-0.3, -0.25) is 4.79 Å². The van der Waals surface area contributed by atoms with Gasteiger partial charge in [0.2, 0.25) is 0 Å². The summed E-state index contributed by atoms with van der Waals surface area (Å²) in [6, 6.07) is 0. The summed E-state index contributed by atoms with van der Waals surface area (Å²) in [5.74, 6) is -0.454. The smallest absolute Gasteiger partial charge is 0.337 e. The number of methoxy groups -OCH3 is 1. The highest BCUT2D eigenvalue weighted by Gasteiger charge is 2.05. The Balaban J connectivity index is 4.91. The second kappa shape index (κ2) is 6.83. The van der Waals surface area contributed by atoms with Gasteiger partial charge in [-0.15, -0.1) is 0 Å². The molecule has 0 aliphatic carbocycles. The molecule has 14 heavy (non-hydrogen) atoms. The molecule has 0 rings (SSSR count). The van der Waals surface area contributed by atoms with E-state index in [0.29, 0.717) is 17.4 Å². The minimum Gasteiger partial charge on any atom is -0.465 e. The fourth-order valence-corrected chi connectivity index (χ4v) is 0.772. The number of ether oxygens (including phenoxy) is 1. The molecule has 3 heteroatoms. The molecule has 0 aliphatic rings. The van der Waals surface area contributed by atoms with Crippen molar-refractivity contribution in [3.05, 3.63) is 35.5 Å². The van der Waals surface area contributed by atoms with E-state index >= 15 is 0 Å². The summed E-state index contributed by atoms with van der Waals surface area (Å²) >= 11 is 0. The first kappa shape index (κ1) is 12.4. The van der Waals surface area contributed by atoms with Crippen molar-refractivity contribution in [2.75, 3.05) is 7.11 Å². The number of hydrogen-bond donors (Lipinski definition) is 0. The molecular weight excluding hydrogens is 180 g/mol. The van der Waals surface area contributed by atoms with Crippen LogP contribution in [0.5, 0.6) is 0 Å². The molecule has 0 aromatic carbocycles.